The van der Waals surface area contributed by atoms with Gasteiger partial charge in [0.05, 0.1) is 0 Å². The average molecular weight is 224 g/mol. The van der Waals surface area contributed by atoms with Gasteiger partial charge in [-0.05, 0) is 70.6 Å². The Kier molecular flexibility index (Phi) is 5.11. The molecule has 2 rings (SSSR count). The minimum Gasteiger partial charge on any atom is -0.314 e. The Morgan fingerprint density at radius 2 is 1.94 bits per heavy atom. The summed E-state index contributed by atoms with van der Waals surface area (Å²) in [5, 5.41) is 3.74. The Hall–Kier alpha value is -0.0800. The lowest BCUT2D eigenvalue weighted by Gasteiger charge is -2.26. The molecule has 0 aromatic carbocycles. The zero-order chi connectivity index (χ0) is 11.2. The van der Waals surface area contributed by atoms with E-state index in [1.807, 2.05) is 0 Å². The molecule has 2 aliphatic rings. The van der Waals surface area contributed by atoms with E-state index in [0.29, 0.717) is 0 Å². The van der Waals surface area contributed by atoms with E-state index < -0.39 is 0 Å². The summed E-state index contributed by atoms with van der Waals surface area (Å²) in [5.41, 5.74) is 0. The molecule has 0 amide bonds. The number of hydrogen-bond donors (Lipinski definition) is 1. The lowest BCUT2D eigenvalue weighted by atomic mass is 10.1. The maximum absolute atomic E-state index is 3.74. The normalized spacial score (nSPS) is 24.6. The quantitative estimate of drug-likeness (QED) is 0.669. The van der Waals surface area contributed by atoms with Gasteiger partial charge in [-0.2, -0.15) is 0 Å². The second kappa shape index (κ2) is 6.61. The Balaban J connectivity index is 1.50. The average Bonchev–Trinajstić information content (AvgIpc) is 3.15. The molecule has 1 saturated heterocycles. The third-order valence-corrected chi connectivity index (χ3v) is 4.14. The second-order valence-electron chi connectivity index (χ2n) is 5.56. The molecule has 0 aromatic heterocycles. The molecule has 2 nitrogen and oxygen atoms in total. The van der Waals surface area contributed by atoms with Crippen LogP contribution in [0.1, 0.15) is 51.9 Å². The highest BCUT2D eigenvalue weighted by molar-refractivity contribution is 4.85. The SMILES string of the molecule is CCC(NCCCN1CCCCC1)C1CC1. The number of likely N-dealkylation sites (tertiary alicyclic amines) is 1. The maximum Gasteiger partial charge on any atom is 0.00927 e. The summed E-state index contributed by atoms with van der Waals surface area (Å²) in [4.78, 5) is 2.64. The first-order valence-electron chi connectivity index (χ1n) is 7.36. The molecule has 1 aliphatic carbocycles. The Morgan fingerprint density at radius 1 is 1.19 bits per heavy atom. The van der Waals surface area contributed by atoms with Crippen LogP contribution in [0.4, 0.5) is 0 Å². The molecule has 1 N–H and O–H groups in total. The molecular weight excluding hydrogens is 196 g/mol. The molecule has 94 valence electrons. The van der Waals surface area contributed by atoms with Gasteiger partial charge in [-0.15, -0.1) is 0 Å². The number of piperidine rings is 1. The molecule has 0 spiro atoms. The van der Waals surface area contributed by atoms with Crippen molar-refractivity contribution in [3.63, 3.8) is 0 Å². The molecular formula is C14H28N2. The molecule has 0 aromatic rings. The Morgan fingerprint density at radius 3 is 2.56 bits per heavy atom. The van der Waals surface area contributed by atoms with Crippen molar-refractivity contribution in [2.24, 2.45) is 5.92 Å². The summed E-state index contributed by atoms with van der Waals surface area (Å²) < 4.78 is 0. The van der Waals surface area contributed by atoms with Crippen molar-refractivity contribution in [2.75, 3.05) is 26.2 Å². The van der Waals surface area contributed by atoms with Gasteiger partial charge in [-0.3, -0.25) is 0 Å². The largest absolute Gasteiger partial charge is 0.314 e. The summed E-state index contributed by atoms with van der Waals surface area (Å²) >= 11 is 0. The third kappa shape index (κ3) is 4.06. The maximum atomic E-state index is 3.74. The van der Waals surface area contributed by atoms with Crippen molar-refractivity contribution in [1.82, 2.24) is 10.2 Å². The second-order valence-corrected chi connectivity index (χ2v) is 5.56. The number of nitrogens with one attached hydrogen (secondary N) is 1. The van der Waals surface area contributed by atoms with E-state index >= 15 is 0 Å². The summed E-state index contributed by atoms with van der Waals surface area (Å²) in [5.74, 6) is 1.01. The number of hydrogen-bond acceptors (Lipinski definition) is 2. The van der Waals surface area contributed by atoms with E-state index in [9.17, 15) is 0 Å². The minimum absolute atomic E-state index is 0.821. The standard InChI is InChI=1S/C14H28N2/c1-2-14(13-7-8-13)15-9-6-12-16-10-4-3-5-11-16/h13-15H,2-12H2,1H3. The molecule has 1 atom stereocenters. The van der Waals surface area contributed by atoms with Crippen molar-refractivity contribution < 1.29 is 0 Å². The van der Waals surface area contributed by atoms with Crippen LogP contribution in [0, 0.1) is 5.92 Å². The van der Waals surface area contributed by atoms with Crippen LogP contribution in [0.2, 0.25) is 0 Å². The van der Waals surface area contributed by atoms with Gasteiger partial charge >= 0.3 is 0 Å². The van der Waals surface area contributed by atoms with E-state index in [-0.39, 0.29) is 0 Å². The van der Waals surface area contributed by atoms with Crippen molar-refractivity contribution in [2.45, 2.75) is 57.9 Å². The van der Waals surface area contributed by atoms with Crippen molar-refractivity contribution in [3.05, 3.63) is 0 Å². The van der Waals surface area contributed by atoms with Gasteiger partial charge in [-0.1, -0.05) is 13.3 Å². The molecule has 1 unspecified atom stereocenters. The number of nitrogens with zero attached hydrogens (tertiary/aromatic N) is 1. The van der Waals surface area contributed by atoms with Crippen LogP contribution in [0.25, 0.3) is 0 Å². The summed E-state index contributed by atoms with van der Waals surface area (Å²) in [6.07, 6.45) is 9.89. The first-order valence-corrected chi connectivity index (χ1v) is 7.36. The van der Waals surface area contributed by atoms with Gasteiger partial charge in [0, 0.05) is 6.04 Å². The monoisotopic (exact) mass is 224 g/mol. The highest BCUT2D eigenvalue weighted by Gasteiger charge is 2.29. The molecule has 16 heavy (non-hydrogen) atoms. The molecule has 0 bridgehead atoms. The topological polar surface area (TPSA) is 15.3 Å². The van der Waals surface area contributed by atoms with Crippen LogP contribution in [0.5, 0.6) is 0 Å². The van der Waals surface area contributed by atoms with Crippen LogP contribution in [-0.4, -0.2) is 37.1 Å². The third-order valence-electron chi connectivity index (χ3n) is 4.14. The predicted molar refractivity (Wildman–Crippen MR) is 69.7 cm³/mol. The summed E-state index contributed by atoms with van der Waals surface area (Å²) in [6.45, 7) is 7.56. The molecule has 0 radical (unpaired) electrons. The fourth-order valence-corrected chi connectivity index (χ4v) is 2.92. The first kappa shape index (κ1) is 12.4. The van der Waals surface area contributed by atoms with E-state index in [2.05, 4.69) is 17.1 Å². The smallest absolute Gasteiger partial charge is 0.00927 e. The van der Waals surface area contributed by atoms with Gasteiger partial charge < -0.3 is 10.2 Å². The molecule has 1 heterocycles. The van der Waals surface area contributed by atoms with Crippen LogP contribution < -0.4 is 5.32 Å². The van der Waals surface area contributed by atoms with Gasteiger partial charge in [-0.25, -0.2) is 0 Å². The molecule has 1 aliphatic heterocycles. The van der Waals surface area contributed by atoms with Crippen molar-refractivity contribution >= 4 is 0 Å². The van der Waals surface area contributed by atoms with E-state index in [1.54, 1.807) is 0 Å². The van der Waals surface area contributed by atoms with Crippen LogP contribution in [0.3, 0.4) is 0 Å². The summed E-state index contributed by atoms with van der Waals surface area (Å²) in [6, 6.07) is 0.821. The highest BCUT2D eigenvalue weighted by Crippen LogP contribution is 2.33. The zero-order valence-electron chi connectivity index (χ0n) is 10.9. The van der Waals surface area contributed by atoms with Crippen molar-refractivity contribution in [1.29, 1.82) is 0 Å². The summed E-state index contributed by atoms with van der Waals surface area (Å²) in [7, 11) is 0. The number of rotatable bonds is 7. The van der Waals surface area contributed by atoms with E-state index in [1.165, 1.54) is 71.1 Å². The van der Waals surface area contributed by atoms with E-state index in [0.717, 1.165) is 12.0 Å². The fourth-order valence-electron chi connectivity index (χ4n) is 2.92. The minimum atomic E-state index is 0.821. The van der Waals surface area contributed by atoms with Gasteiger partial charge in [0.1, 0.15) is 0 Å². The lowest BCUT2D eigenvalue weighted by molar-refractivity contribution is 0.224. The van der Waals surface area contributed by atoms with E-state index in [4.69, 9.17) is 0 Å². The molecule has 2 heteroatoms. The fraction of sp³-hybridized carbons (Fsp3) is 1.00. The van der Waals surface area contributed by atoms with Crippen LogP contribution >= 0.6 is 0 Å². The lowest BCUT2D eigenvalue weighted by Crippen LogP contribution is -2.35. The zero-order valence-corrected chi connectivity index (χ0v) is 10.9. The molecule has 1 saturated carbocycles. The predicted octanol–water partition coefficient (Wildman–Crippen LogP) is 2.64. The van der Waals surface area contributed by atoms with Crippen LogP contribution in [-0.2, 0) is 0 Å². The van der Waals surface area contributed by atoms with Gasteiger partial charge in [0.25, 0.3) is 0 Å². The van der Waals surface area contributed by atoms with Gasteiger partial charge in [0.2, 0.25) is 0 Å². The first-order chi connectivity index (χ1) is 7.90. The van der Waals surface area contributed by atoms with Gasteiger partial charge in [0.15, 0.2) is 0 Å². The molecule has 2 fully saturated rings. The Labute approximate surface area is 101 Å². The van der Waals surface area contributed by atoms with Crippen molar-refractivity contribution in [3.8, 4) is 0 Å². The van der Waals surface area contributed by atoms with Crippen LogP contribution in [0.15, 0.2) is 0 Å². The Bertz CT molecular complexity index is 183. The highest BCUT2D eigenvalue weighted by atomic mass is 15.1.